The van der Waals surface area contributed by atoms with Gasteiger partial charge in [-0.2, -0.15) is 11.8 Å². The van der Waals surface area contributed by atoms with Crippen LogP contribution in [0.2, 0.25) is 0 Å². The Hall–Kier alpha value is -1.07. The number of rotatable bonds is 6. The van der Waals surface area contributed by atoms with Gasteiger partial charge in [0, 0.05) is 17.4 Å². The van der Waals surface area contributed by atoms with Gasteiger partial charge in [0.1, 0.15) is 0 Å². The highest BCUT2D eigenvalue weighted by molar-refractivity contribution is 8.00. The number of thioether (sulfide) groups is 1. The van der Waals surface area contributed by atoms with Gasteiger partial charge in [-0.25, -0.2) is 4.79 Å². The molecule has 2 aliphatic heterocycles. The summed E-state index contributed by atoms with van der Waals surface area (Å²) in [7, 11) is 0.0123. The maximum Gasteiger partial charge on any atom is 0.315 e. The molecule has 0 saturated carbocycles. The molecule has 20 heavy (non-hydrogen) atoms. The molecule has 8 heteroatoms. The monoisotopic (exact) mass is 318 g/mol. The summed E-state index contributed by atoms with van der Waals surface area (Å²) >= 11 is 1.87. The van der Waals surface area contributed by atoms with Gasteiger partial charge in [-0.3, -0.25) is 9.36 Å². The van der Waals surface area contributed by atoms with Gasteiger partial charge >= 0.3 is 12.0 Å². The lowest BCUT2D eigenvalue weighted by Crippen LogP contribution is -2.36. The van der Waals surface area contributed by atoms with Crippen molar-refractivity contribution in [1.82, 2.24) is 10.6 Å². The average molecular weight is 318 g/mol. The fraction of sp³-hybridized carbons (Fsp3) is 0.667. The molecule has 0 aromatic heterocycles. The third-order valence-electron chi connectivity index (χ3n) is 3.14. The molecule has 0 aliphatic carbocycles. The molecule has 0 unspecified atom stereocenters. The number of carboxylic acid groups (broad SMARTS) is 1. The number of hydrogen-bond acceptors (Lipinski definition) is 4. The van der Waals surface area contributed by atoms with Crippen molar-refractivity contribution in [2.45, 2.75) is 43.0 Å². The van der Waals surface area contributed by atoms with Crippen LogP contribution in [0.1, 0.15) is 25.7 Å². The lowest BCUT2D eigenvalue weighted by atomic mass is 10.0. The first-order valence-electron chi connectivity index (χ1n) is 6.42. The zero-order valence-corrected chi connectivity index (χ0v) is 12.8. The molecule has 2 rings (SSSR count). The molecule has 0 radical (unpaired) electrons. The standard InChI is InChI=1S/C10H16N2O3S.C2H3OP/c13-8(14)4-2-1-3-7-9-6(5-16-7)11-10(15)12-9;1-2-4-3/h6-7,9H,1-5H2,(H,13,14)(H2,11,12,15);2H,1H2/t6-,7-,9-;/m0./s1. The number of amides is 2. The summed E-state index contributed by atoms with van der Waals surface area (Å²) in [5.41, 5.74) is 0. The van der Waals surface area contributed by atoms with Crippen molar-refractivity contribution >= 4 is 32.2 Å². The average Bonchev–Trinajstić information content (AvgIpc) is 2.94. The normalized spacial score (nSPS) is 27.0. The second-order valence-corrected chi connectivity index (χ2v) is 6.40. The number of urea groups is 1. The van der Waals surface area contributed by atoms with Gasteiger partial charge in [0.2, 0.25) is 0 Å². The van der Waals surface area contributed by atoms with Crippen molar-refractivity contribution in [3.05, 3.63) is 12.4 Å². The number of carbonyl (C=O) groups excluding carboxylic acids is 1. The van der Waals surface area contributed by atoms with Gasteiger partial charge in [0.05, 0.1) is 12.1 Å². The Bertz CT molecular complexity index is 374. The molecule has 0 aromatic carbocycles. The van der Waals surface area contributed by atoms with Gasteiger partial charge < -0.3 is 15.7 Å². The minimum atomic E-state index is -0.729. The van der Waals surface area contributed by atoms with Crippen molar-refractivity contribution in [2.24, 2.45) is 0 Å². The molecule has 2 amide bonds. The predicted molar refractivity (Wildman–Crippen MR) is 79.4 cm³/mol. The summed E-state index contributed by atoms with van der Waals surface area (Å²) in [6.45, 7) is 3.15. The molecule has 6 nitrogen and oxygen atoms in total. The lowest BCUT2D eigenvalue weighted by Gasteiger charge is -2.16. The molecule has 0 aromatic rings. The van der Waals surface area contributed by atoms with E-state index in [1.54, 1.807) is 0 Å². The van der Waals surface area contributed by atoms with E-state index in [0.29, 0.717) is 5.25 Å². The minimum Gasteiger partial charge on any atom is -0.481 e. The highest BCUT2D eigenvalue weighted by Gasteiger charge is 2.42. The number of fused-ring (bicyclic) bond motifs is 1. The Labute approximate surface area is 124 Å². The van der Waals surface area contributed by atoms with E-state index in [0.717, 1.165) is 25.0 Å². The summed E-state index contributed by atoms with van der Waals surface area (Å²) < 4.78 is 9.15. The van der Waals surface area contributed by atoms with Crippen molar-refractivity contribution in [1.29, 1.82) is 0 Å². The lowest BCUT2D eigenvalue weighted by molar-refractivity contribution is -0.137. The zero-order valence-electron chi connectivity index (χ0n) is 11.1. The van der Waals surface area contributed by atoms with E-state index < -0.39 is 5.97 Å². The van der Waals surface area contributed by atoms with E-state index >= 15 is 0 Å². The van der Waals surface area contributed by atoms with E-state index in [4.69, 9.17) is 9.67 Å². The van der Waals surface area contributed by atoms with Crippen LogP contribution >= 0.6 is 20.2 Å². The number of hydrogen-bond donors (Lipinski definition) is 3. The molecule has 0 bridgehead atoms. The first-order chi connectivity index (χ1) is 9.58. The van der Waals surface area contributed by atoms with Crippen LogP contribution in [0.3, 0.4) is 0 Å². The third kappa shape index (κ3) is 5.51. The second-order valence-electron chi connectivity index (χ2n) is 4.55. The summed E-state index contributed by atoms with van der Waals surface area (Å²) in [5.74, 6) is 1.53. The number of carbonyl (C=O) groups is 2. The molecule has 0 spiro atoms. The Balaban J connectivity index is 0.000000444. The molecule has 2 saturated heterocycles. The molecule has 3 atom stereocenters. The van der Waals surface area contributed by atoms with Gasteiger partial charge in [-0.05, 0) is 18.7 Å². The summed E-state index contributed by atoms with van der Waals surface area (Å²) in [5, 5.41) is 14.8. The Morgan fingerprint density at radius 1 is 1.50 bits per heavy atom. The van der Waals surface area contributed by atoms with Crippen LogP contribution in [0.4, 0.5) is 4.79 Å². The number of unbranched alkanes of at least 4 members (excludes halogenated alkanes) is 1. The van der Waals surface area contributed by atoms with E-state index in [2.05, 4.69) is 17.2 Å². The molecular formula is C12H19N2O4PS. The fourth-order valence-electron chi connectivity index (χ4n) is 2.26. The minimum absolute atomic E-state index is 0.0123. The Kier molecular flexibility index (Phi) is 7.62. The maximum atomic E-state index is 11.1. The number of nitrogens with one attached hydrogen (secondary N) is 2. The molecular weight excluding hydrogens is 299 g/mol. The molecule has 2 fully saturated rings. The van der Waals surface area contributed by atoms with Gasteiger partial charge in [-0.1, -0.05) is 13.0 Å². The quantitative estimate of drug-likeness (QED) is 0.396. The SMILES string of the molecule is C=CP=O.O=C(O)CCCC[C@@H]1SC[C@@H]2NC(=O)N[C@@H]21. The molecule has 112 valence electrons. The van der Waals surface area contributed by atoms with Crippen molar-refractivity contribution in [3.8, 4) is 0 Å². The highest BCUT2D eigenvalue weighted by atomic mass is 32.2. The molecule has 2 aliphatic rings. The number of carboxylic acids is 1. The van der Waals surface area contributed by atoms with Crippen molar-refractivity contribution in [2.75, 3.05) is 5.75 Å². The largest absolute Gasteiger partial charge is 0.481 e. The molecule has 3 N–H and O–H groups in total. The van der Waals surface area contributed by atoms with Crippen LogP contribution in [0.15, 0.2) is 12.4 Å². The van der Waals surface area contributed by atoms with Crippen LogP contribution < -0.4 is 10.6 Å². The molecule has 2 heterocycles. The van der Waals surface area contributed by atoms with Crippen LogP contribution in [-0.2, 0) is 9.36 Å². The van der Waals surface area contributed by atoms with Crippen LogP contribution in [0.5, 0.6) is 0 Å². The zero-order chi connectivity index (χ0) is 15.0. The van der Waals surface area contributed by atoms with E-state index in [1.807, 2.05) is 11.8 Å². The Morgan fingerprint density at radius 3 is 2.80 bits per heavy atom. The summed E-state index contributed by atoms with van der Waals surface area (Å²) in [6.07, 6.45) is 2.88. The van der Waals surface area contributed by atoms with Gasteiger partial charge in [0.25, 0.3) is 0 Å². The van der Waals surface area contributed by atoms with Gasteiger partial charge in [-0.15, -0.1) is 0 Å². The summed E-state index contributed by atoms with van der Waals surface area (Å²) in [6, 6.07) is 0.440. The number of aliphatic carboxylic acids is 1. The maximum absolute atomic E-state index is 11.1. The second kappa shape index (κ2) is 8.97. The first kappa shape index (κ1) is 17.0. The van der Waals surface area contributed by atoms with Crippen LogP contribution in [0.25, 0.3) is 0 Å². The van der Waals surface area contributed by atoms with Gasteiger partial charge in [0.15, 0.2) is 8.46 Å². The van der Waals surface area contributed by atoms with Crippen molar-refractivity contribution in [3.63, 3.8) is 0 Å². The van der Waals surface area contributed by atoms with E-state index in [1.165, 1.54) is 5.82 Å². The van der Waals surface area contributed by atoms with Crippen LogP contribution in [0, 0.1) is 0 Å². The van der Waals surface area contributed by atoms with E-state index in [-0.39, 0.29) is 33.0 Å². The van der Waals surface area contributed by atoms with Crippen LogP contribution in [-0.4, -0.2) is 40.2 Å². The fourth-order valence-corrected chi connectivity index (χ4v) is 3.81. The topological polar surface area (TPSA) is 95.5 Å². The Morgan fingerprint density at radius 2 is 2.20 bits per heavy atom. The smallest absolute Gasteiger partial charge is 0.315 e. The highest BCUT2D eigenvalue weighted by Crippen LogP contribution is 2.33. The third-order valence-corrected chi connectivity index (χ3v) is 4.80. The predicted octanol–water partition coefficient (Wildman–Crippen LogP) is 2.22. The van der Waals surface area contributed by atoms with E-state index in [9.17, 15) is 9.59 Å². The summed E-state index contributed by atoms with van der Waals surface area (Å²) in [4.78, 5) is 21.5. The van der Waals surface area contributed by atoms with Crippen molar-refractivity contribution < 1.29 is 19.3 Å². The first-order valence-corrected chi connectivity index (χ1v) is 8.35.